The average molecular weight is 354 g/mol. The first-order valence-corrected chi connectivity index (χ1v) is 7.68. The zero-order chi connectivity index (χ0) is 17.3. The molecule has 0 aliphatic carbocycles. The van der Waals surface area contributed by atoms with Crippen molar-refractivity contribution < 1.29 is 23.0 Å². The van der Waals surface area contributed by atoms with Gasteiger partial charge in [-0.1, -0.05) is 17.7 Å². The van der Waals surface area contributed by atoms with Crippen LogP contribution in [0.2, 0.25) is 5.02 Å². The molecule has 2 aromatic carbocycles. The molecule has 1 heterocycles. The molecule has 0 aromatic heterocycles. The lowest BCUT2D eigenvalue weighted by atomic mass is 10.1. The SMILES string of the molecule is CC(NC(=O)c1cc(F)c(F)cc1Cl)c1ccc2c(c1)OCCO2. The second-order valence-electron chi connectivity index (χ2n) is 5.34. The topological polar surface area (TPSA) is 47.6 Å². The smallest absolute Gasteiger partial charge is 0.253 e. The summed E-state index contributed by atoms with van der Waals surface area (Å²) in [5.41, 5.74) is 0.659. The third-order valence-corrected chi connectivity index (χ3v) is 3.98. The monoisotopic (exact) mass is 353 g/mol. The highest BCUT2D eigenvalue weighted by molar-refractivity contribution is 6.33. The zero-order valence-corrected chi connectivity index (χ0v) is 13.5. The Hall–Kier alpha value is -2.34. The second kappa shape index (κ2) is 6.65. The van der Waals surface area contributed by atoms with Crippen LogP contribution in [-0.2, 0) is 0 Å². The zero-order valence-electron chi connectivity index (χ0n) is 12.7. The molecule has 1 N–H and O–H groups in total. The number of hydrogen-bond acceptors (Lipinski definition) is 3. The number of rotatable bonds is 3. The van der Waals surface area contributed by atoms with Gasteiger partial charge >= 0.3 is 0 Å². The van der Waals surface area contributed by atoms with Gasteiger partial charge in [-0.3, -0.25) is 4.79 Å². The van der Waals surface area contributed by atoms with Crippen LogP contribution in [0.5, 0.6) is 11.5 Å². The minimum atomic E-state index is -1.13. The lowest BCUT2D eigenvalue weighted by Crippen LogP contribution is -2.27. The Morgan fingerprint density at radius 3 is 2.54 bits per heavy atom. The van der Waals surface area contributed by atoms with Gasteiger partial charge in [-0.05, 0) is 36.8 Å². The Bertz CT molecular complexity index is 798. The fourth-order valence-corrected chi connectivity index (χ4v) is 2.62. The van der Waals surface area contributed by atoms with Crippen LogP contribution in [0.4, 0.5) is 8.78 Å². The van der Waals surface area contributed by atoms with Gasteiger partial charge in [0.1, 0.15) is 13.2 Å². The van der Waals surface area contributed by atoms with Crippen LogP contribution >= 0.6 is 11.6 Å². The molecule has 4 nitrogen and oxygen atoms in total. The van der Waals surface area contributed by atoms with E-state index in [2.05, 4.69) is 5.32 Å². The molecule has 1 unspecified atom stereocenters. The molecular weight excluding hydrogens is 340 g/mol. The summed E-state index contributed by atoms with van der Waals surface area (Å²) in [4.78, 5) is 12.3. The number of amides is 1. The second-order valence-corrected chi connectivity index (χ2v) is 5.75. The van der Waals surface area contributed by atoms with Gasteiger partial charge in [0.05, 0.1) is 16.6 Å². The molecule has 24 heavy (non-hydrogen) atoms. The Kier molecular flexibility index (Phi) is 4.57. The van der Waals surface area contributed by atoms with E-state index in [1.807, 2.05) is 0 Å². The van der Waals surface area contributed by atoms with Crippen molar-refractivity contribution in [2.75, 3.05) is 13.2 Å². The van der Waals surface area contributed by atoms with Gasteiger partial charge < -0.3 is 14.8 Å². The maximum absolute atomic E-state index is 13.3. The first-order chi connectivity index (χ1) is 11.5. The number of halogens is 3. The molecule has 0 radical (unpaired) electrons. The summed E-state index contributed by atoms with van der Waals surface area (Å²) in [6.07, 6.45) is 0. The third-order valence-electron chi connectivity index (χ3n) is 3.67. The molecule has 1 atom stereocenters. The van der Waals surface area contributed by atoms with Crippen molar-refractivity contribution in [3.05, 3.63) is 58.1 Å². The van der Waals surface area contributed by atoms with Crippen molar-refractivity contribution in [1.29, 1.82) is 0 Å². The quantitative estimate of drug-likeness (QED) is 0.852. The Balaban J connectivity index is 1.78. The summed E-state index contributed by atoms with van der Waals surface area (Å²) in [6.45, 7) is 2.71. The van der Waals surface area contributed by atoms with Gasteiger partial charge in [0.2, 0.25) is 0 Å². The number of carbonyl (C=O) groups is 1. The summed E-state index contributed by atoms with van der Waals surface area (Å²) < 4.78 is 37.4. The van der Waals surface area contributed by atoms with Crippen LogP contribution in [0, 0.1) is 11.6 Å². The molecule has 1 aliphatic heterocycles. The Morgan fingerprint density at radius 1 is 1.12 bits per heavy atom. The largest absolute Gasteiger partial charge is 0.486 e. The summed E-state index contributed by atoms with van der Waals surface area (Å²) in [6, 6.07) is 6.50. The molecule has 3 rings (SSSR count). The minimum Gasteiger partial charge on any atom is -0.486 e. The predicted molar refractivity (Wildman–Crippen MR) is 84.7 cm³/mol. The first kappa shape index (κ1) is 16.5. The van der Waals surface area contributed by atoms with Crippen molar-refractivity contribution in [3.63, 3.8) is 0 Å². The van der Waals surface area contributed by atoms with Crippen LogP contribution in [-0.4, -0.2) is 19.1 Å². The van der Waals surface area contributed by atoms with Crippen LogP contribution in [0.3, 0.4) is 0 Å². The van der Waals surface area contributed by atoms with E-state index in [4.69, 9.17) is 21.1 Å². The van der Waals surface area contributed by atoms with Crippen LogP contribution in [0.1, 0.15) is 28.9 Å². The minimum absolute atomic E-state index is 0.125. The summed E-state index contributed by atoms with van der Waals surface area (Å²) in [5, 5.41) is 2.55. The highest BCUT2D eigenvalue weighted by atomic mass is 35.5. The molecule has 0 bridgehead atoms. The molecule has 7 heteroatoms. The lowest BCUT2D eigenvalue weighted by molar-refractivity contribution is 0.0939. The van der Waals surface area contributed by atoms with E-state index in [9.17, 15) is 13.6 Å². The molecule has 0 fully saturated rings. The number of hydrogen-bond donors (Lipinski definition) is 1. The summed E-state index contributed by atoms with van der Waals surface area (Å²) in [5.74, 6) is -1.58. The Morgan fingerprint density at radius 2 is 1.79 bits per heavy atom. The number of fused-ring (bicyclic) bond motifs is 1. The highest BCUT2D eigenvalue weighted by Gasteiger charge is 2.19. The van der Waals surface area contributed by atoms with Crippen LogP contribution < -0.4 is 14.8 Å². The standard InChI is InChI=1S/C17H14ClF2NO3/c1-9(10-2-3-15-16(6-10)24-5-4-23-15)21-17(22)11-7-13(19)14(20)8-12(11)18/h2-3,6-9H,4-5H2,1H3,(H,21,22). The molecule has 0 saturated carbocycles. The normalized spacial score (nSPS) is 14.2. The maximum atomic E-state index is 13.3. The average Bonchev–Trinajstić information content (AvgIpc) is 2.57. The van der Waals surface area contributed by atoms with Gasteiger partial charge in [0.15, 0.2) is 23.1 Å². The number of benzene rings is 2. The molecule has 126 valence electrons. The summed E-state index contributed by atoms with van der Waals surface area (Å²) in [7, 11) is 0. The van der Waals surface area contributed by atoms with E-state index in [1.165, 1.54) is 0 Å². The molecular formula is C17H14ClF2NO3. The predicted octanol–water partition coefficient (Wildman–Crippen LogP) is 3.88. The van der Waals surface area contributed by atoms with E-state index in [1.54, 1.807) is 25.1 Å². The fraction of sp³-hybridized carbons (Fsp3) is 0.235. The van der Waals surface area contributed by atoms with Gasteiger partial charge in [0.25, 0.3) is 5.91 Å². The Labute approximate surface area is 142 Å². The van der Waals surface area contributed by atoms with Gasteiger partial charge in [-0.15, -0.1) is 0 Å². The van der Waals surface area contributed by atoms with Crippen molar-refractivity contribution in [3.8, 4) is 11.5 Å². The highest BCUT2D eigenvalue weighted by Crippen LogP contribution is 2.32. The van der Waals surface area contributed by atoms with E-state index >= 15 is 0 Å². The van der Waals surface area contributed by atoms with Gasteiger partial charge in [-0.2, -0.15) is 0 Å². The number of nitrogens with one attached hydrogen (secondary N) is 1. The van der Waals surface area contributed by atoms with E-state index in [-0.39, 0.29) is 10.6 Å². The van der Waals surface area contributed by atoms with Crippen molar-refractivity contribution in [1.82, 2.24) is 5.32 Å². The van der Waals surface area contributed by atoms with Crippen molar-refractivity contribution in [2.24, 2.45) is 0 Å². The van der Waals surface area contributed by atoms with Crippen molar-refractivity contribution in [2.45, 2.75) is 13.0 Å². The number of ether oxygens (including phenoxy) is 2. The lowest BCUT2D eigenvalue weighted by Gasteiger charge is -2.21. The van der Waals surface area contributed by atoms with E-state index < -0.39 is 23.6 Å². The molecule has 0 saturated heterocycles. The third kappa shape index (κ3) is 3.28. The van der Waals surface area contributed by atoms with Gasteiger partial charge in [-0.25, -0.2) is 8.78 Å². The first-order valence-electron chi connectivity index (χ1n) is 7.30. The molecule has 2 aromatic rings. The van der Waals surface area contributed by atoms with Crippen LogP contribution in [0.25, 0.3) is 0 Å². The van der Waals surface area contributed by atoms with E-state index in [0.717, 1.165) is 17.7 Å². The van der Waals surface area contributed by atoms with Crippen molar-refractivity contribution >= 4 is 17.5 Å². The number of carbonyl (C=O) groups excluding carboxylic acids is 1. The van der Waals surface area contributed by atoms with Crippen LogP contribution in [0.15, 0.2) is 30.3 Å². The molecule has 1 amide bonds. The fourth-order valence-electron chi connectivity index (χ4n) is 2.38. The summed E-state index contributed by atoms with van der Waals surface area (Å²) >= 11 is 5.82. The molecule has 1 aliphatic rings. The van der Waals surface area contributed by atoms with E-state index in [0.29, 0.717) is 24.7 Å². The van der Waals surface area contributed by atoms with Gasteiger partial charge in [0, 0.05) is 0 Å². The maximum Gasteiger partial charge on any atom is 0.253 e. The molecule has 0 spiro atoms.